The van der Waals surface area contributed by atoms with Crippen LogP contribution in [0.25, 0.3) is 0 Å². The van der Waals surface area contributed by atoms with E-state index < -0.39 is 0 Å². The Kier molecular flexibility index (Phi) is 7.53. The number of methoxy groups -OCH3 is 1. The van der Waals surface area contributed by atoms with E-state index in [4.69, 9.17) is 13.9 Å². The third-order valence-corrected chi connectivity index (χ3v) is 4.65. The zero-order valence-corrected chi connectivity index (χ0v) is 16.2. The molecular formula is C23H27NO4. The van der Waals surface area contributed by atoms with Crippen LogP contribution in [0.5, 0.6) is 11.5 Å². The van der Waals surface area contributed by atoms with Crippen molar-refractivity contribution in [3.63, 3.8) is 0 Å². The Bertz CT molecular complexity index is 787. The fourth-order valence-electron chi connectivity index (χ4n) is 3.22. The van der Waals surface area contributed by atoms with Crippen LogP contribution in [0, 0.1) is 0 Å². The van der Waals surface area contributed by atoms with E-state index >= 15 is 0 Å². The highest BCUT2D eigenvalue weighted by molar-refractivity contribution is 5.27. The molecule has 3 aromatic rings. The molecule has 1 unspecified atom stereocenters. The highest BCUT2D eigenvalue weighted by Crippen LogP contribution is 2.27. The normalized spacial score (nSPS) is 12.1. The Labute approximate surface area is 166 Å². The highest BCUT2D eigenvalue weighted by Gasteiger charge is 2.23. The van der Waals surface area contributed by atoms with Crippen molar-refractivity contribution in [3.8, 4) is 11.5 Å². The molecule has 1 heterocycles. The summed E-state index contributed by atoms with van der Waals surface area (Å²) in [5, 5.41) is 9.61. The van der Waals surface area contributed by atoms with Crippen LogP contribution in [0.4, 0.5) is 0 Å². The number of rotatable bonds is 11. The van der Waals surface area contributed by atoms with E-state index in [2.05, 4.69) is 17.0 Å². The molecule has 1 N–H and O–H groups in total. The molecule has 1 atom stereocenters. The van der Waals surface area contributed by atoms with E-state index in [9.17, 15) is 5.11 Å². The molecule has 5 heteroatoms. The van der Waals surface area contributed by atoms with Gasteiger partial charge in [0.25, 0.3) is 0 Å². The van der Waals surface area contributed by atoms with Gasteiger partial charge in [0.2, 0.25) is 0 Å². The Hall–Kier alpha value is -2.76. The predicted molar refractivity (Wildman–Crippen MR) is 108 cm³/mol. The van der Waals surface area contributed by atoms with Gasteiger partial charge in [-0.1, -0.05) is 30.3 Å². The second-order valence-corrected chi connectivity index (χ2v) is 6.52. The van der Waals surface area contributed by atoms with Gasteiger partial charge in [0.15, 0.2) is 0 Å². The maximum atomic E-state index is 9.61. The standard InChI is InChI=1S/C23H27NO4/c1-26-20-11-9-19(10-12-20)18-24(14-17-27-21-6-3-2-4-7-21)22(13-15-25)23-8-5-16-28-23/h2-12,16,22,25H,13-15,17-18H2,1H3. The minimum absolute atomic E-state index is 0.0264. The average Bonchev–Trinajstić information content (AvgIpc) is 3.27. The molecule has 0 saturated heterocycles. The third kappa shape index (κ3) is 5.62. The van der Waals surface area contributed by atoms with Crippen LogP contribution >= 0.6 is 0 Å². The second kappa shape index (κ2) is 10.5. The monoisotopic (exact) mass is 381 g/mol. The SMILES string of the molecule is COc1ccc(CN(CCOc2ccccc2)C(CCO)c2ccco2)cc1. The van der Waals surface area contributed by atoms with Gasteiger partial charge in [0.05, 0.1) is 19.4 Å². The summed E-state index contributed by atoms with van der Waals surface area (Å²) >= 11 is 0. The Morgan fingerprint density at radius 1 is 0.964 bits per heavy atom. The van der Waals surface area contributed by atoms with Crippen molar-refractivity contribution in [1.82, 2.24) is 4.90 Å². The van der Waals surface area contributed by atoms with E-state index in [0.29, 0.717) is 26.1 Å². The number of hydrogen-bond donors (Lipinski definition) is 1. The molecule has 28 heavy (non-hydrogen) atoms. The molecule has 1 aromatic heterocycles. The minimum atomic E-state index is -0.0264. The predicted octanol–water partition coefficient (Wildman–Crippen LogP) is 4.29. The summed E-state index contributed by atoms with van der Waals surface area (Å²) in [6.45, 7) is 2.05. The third-order valence-electron chi connectivity index (χ3n) is 4.65. The highest BCUT2D eigenvalue weighted by atomic mass is 16.5. The van der Waals surface area contributed by atoms with Crippen LogP contribution in [-0.2, 0) is 6.54 Å². The van der Waals surface area contributed by atoms with Crippen LogP contribution in [0.1, 0.15) is 23.8 Å². The number of ether oxygens (including phenoxy) is 2. The Morgan fingerprint density at radius 3 is 2.39 bits per heavy atom. The van der Waals surface area contributed by atoms with Crippen molar-refractivity contribution >= 4 is 0 Å². The first-order valence-corrected chi connectivity index (χ1v) is 9.49. The number of para-hydroxylation sites is 1. The Morgan fingerprint density at radius 2 is 1.75 bits per heavy atom. The van der Waals surface area contributed by atoms with E-state index in [1.165, 1.54) is 0 Å². The van der Waals surface area contributed by atoms with Gasteiger partial charge in [-0.15, -0.1) is 0 Å². The van der Waals surface area contributed by atoms with Gasteiger partial charge >= 0.3 is 0 Å². The smallest absolute Gasteiger partial charge is 0.120 e. The molecule has 2 aromatic carbocycles. The van der Waals surface area contributed by atoms with Crippen LogP contribution in [0.2, 0.25) is 0 Å². The zero-order valence-electron chi connectivity index (χ0n) is 16.2. The quantitative estimate of drug-likeness (QED) is 0.537. The molecule has 0 spiro atoms. The molecular weight excluding hydrogens is 354 g/mol. The number of aliphatic hydroxyl groups excluding tert-OH is 1. The first-order valence-electron chi connectivity index (χ1n) is 9.49. The average molecular weight is 381 g/mol. The van der Waals surface area contributed by atoms with E-state index in [1.807, 2.05) is 54.6 Å². The van der Waals surface area contributed by atoms with Crippen LogP contribution in [-0.4, -0.2) is 36.9 Å². The zero-order chi connectivity index (χ0) is 19.6. The van der Waals surface area contributed by atoms with Gasteiger partial charge < -0.3 is 19.0 Å². The van der Waals surface area contributed by atoms with Crippen LogP contribution in [0.15, 0.2) is 77.4 Å². The first-order chi connectivity index (χ1) is 13.8. The summed E-state index contributed by atoms with van der Waals surface area (Å²) in [6.07, 6.45) is 2.26. The maximum Gasteiger partial charge on any atom is 0.120 e. The maximum absolute atomic E-state index is 9.61. The van der Waals surface area contributed by atoms with Crippen molar-refractivity contribution in [2.24, 2.45) is 0 Å². The lowest BCUT2D eigenvalue weighted by atomic mass is 10.1. The fourth-order valence-corrected chi connectivity index (χ4v) is 3.22. The molecule has 0 aliphatic rings. The van der Waals surface area contributed by atoms with Crippen LogP contribution < -0.4 is 9.47 Å². The number of benzene rings is 2. The molecule has 0 amide bonds. The van der Waals surface area contributed by atoms with E-state index in [-0.39, 0.29) is 12.6 Å². The molecule has 0 aliphatic heterocycles. The van der Waals surface area contributed by atoms with Crippen LogP contribution in [0.3, 0.4) is 0 Å². The number of aliphatic hydroxyl groups is 1. The molecule has 3 rings (SSSR count). The van der Waals surface area contributed by atoms with Crippen molar-refractivity contribution in [3.05, 3.63) is 84.3 Å². The molecule has 0 saturated carbocycles. The number of furan rings is 1. The first kappa shape index (κ1) is 20.0. The number of hydrogen-bond acceptors (Lipinski definition) is 5. The second-order valence-electron chi connectivity index (χ2n) is 6.52. The van der Waals surface area contributed by atoms with E-state index in [1.54, 1.807) is 13.4 Å². The van der Waals surface area contributed by atoms with Crippen molar-refractivity contribution in [1.29, 1.82) is 0 Å². The van der Waals surface area contributed by atoms with E-state index in [0.717, 1.165) is 22.8 Å². The van der Waals surface area contributed by atoms with Gasteiger partial charge in [-0.3, -0.25) is 4.90 Å². The molecule has 5 nitrogen and oxygen atoms in total. The lowest BCUT2D eigenvalue weighted by molar-refractivity contribution is 0.112. The van der Waals surface area contributed by atoms with Gasteiger partial charge in [0.1, 0.15) is 23.9 Å². The van der Waals surface area contributed by atoms with Gasteiger partial charge in [0, 0.05) is 19.7 Å². The molecule has 148 valence electrons. The van der Waals surface area contributed by atoms with Gasteiger partial charge in [-0.05, 0) is 48.4 Å². The Balaban J connectivity index is 1.73. The summed E-state index contributed by atoms with van der Waals surface area (Å²) in [5.74, 6) is 2.53. The summed E-state index contributed by atoms with van der Waals surface area (Å²) in [5.41, 5.74) is 1.16. The molecule has 0 aliphatic carbocycles. The largest absolute Gasteiger partial charge is 0.497 e. The number of nitrogens with zero attached hydrogens (tertiary/aromatic N) is 1. The summed E-state index contributed by atoms with van der Waals surface area (Å²) in [4.78, 5) is 2.28. The van der Waals surface area contributed by atoms with Gasteiger partial charge in [-0.2, -0.15) is 0 Å². The topological polar surface area (TPSA) is 55.1 Å². The summed E-state index contributed by atoms with van der Waals surface area (Å²) in [7, 11) is 1.66. The minimum Gasteiger partial charge on any atom is -0.497 e. The summed E-state index contributed by atoms with van der Waals surface area (Å²) < 4.78 is 16.8. The molecule has 0 radical (unpaired) electrons. The molecule has 0 bridgehead atoms. The van der Waals surface area contributed by atoms with Crippen molar-refractivity contribution in [2.45, 2.75) is 19.0 Å². The lowest BCUT2D eigenvalue weighted by Gasteiger charge is -2.30. The summed E-state index contributed by atoms with van der Waals surface area (Å²) in [6, 6.07) is 21.6. The van der Waals surface area contributed by atoms with Gasteiger partial charge in [-0.25, -0.2) is 0 Å². The van der Waals surface area contributed by atoms with Crippen molar-refractivity contribution in [2.75, 3.05) is 26.9 Å². The fraction of sp³-hybridized carbons (Fsp3) is 0.304. The molecule has 0 fully saturated rings. The lowest BCUT2D eigenvalue weighted by Crippen LogP contribution is -2.32. The van der Waals surface area contributed by atoms with Crippen molar-refractivity contribution < 1.29 is 19.0 Å².